The van der Waals surface area contributed by atoms with Crippen molar-refractivity contribution in [1.82, 2.24) is 29.6 Å². The van der Waals surface area contributed by atoms with Gasteiger partial charge in [0.25, 0.3) is 0 Å². The topological polar surface area (TPSA) is 81.0 Å². The van der Waals surface area contributed by atoms with E-state index in [0.717, 1.165) is 62.3 Å². The molecule has 5 aromatic rings. The third-order valence-electron chi connectivity index (χ3n) is 6.45. The van der Waals surface area contributed by atoms with E-state index in [1.54, 1.807) is 22.3 Å². The van der Waals surface area contributed by atoms with Crippen molar-refractivity contribution in [2.24, 2.45) is 7.05 Å². The van der Waals surface area contributed by atoms with Crippen LogP contribution >= 0.6 is 11.3 Å². The summed E-state index contributed by atoms with van der Waals surface area (Å²) in [4.78, 5) is 15.8. The van der Waals surface area contributed by atoms with Gasteiger partial charge in [0.1, 0.15) is 24.0 Å². The molecule has 2 aromatic carbocycles. The number of ether oxygens (including phenoxy) is 1. The number of rotatable bonds is 6. The fourth-order valence-corrected chi connectivity index (χ4v) is 5.21. The van der Waals surface area contributed by atoms with Crippen molar-refractivity contribution in [3.05, 3.63) is 54.6 Å². The molecule has 0 saturated heterocycles. The van der Waals surface area contributed by atoms with Crippen molar-refractivity contribution in [3.8, 4) is 16.9 Å². The van der Waals surface area contributed by atoms with Crippen LogP contribution in [-0.4, -0.2) is 55.9 Å². The van der Waals surface area contributed by atoms with Crippen LogP contribution in [0.3, 0.4) is 0 Å². The minimum absolute atomic E-state index is 0.129. The number of hydrogen-bond acceptors (Lipinski definition) is 8. The predicted octanol–water partition coefficient (Wildman–Crippen LogP) is 4.86. The summed E-state index contributed by atoms with van der Waals surface area (Å²) >= 11 is 1.62. The number of nitrogens with one attached hydrogen (secondary N) is 1. The molecule has 1 saturated carbocycles. The Morgan fingerprint density at radius 3 is 2.74 bits per heavy atom. The molecule has 9 heteroatoms. The third kappa shape index (κ3) is 3.76. The lowest BCUT2D eigenvalue weighted by Gasteiger charge is -2.41. The molecule has 3 heterocycles. The Kier molecular flexibility index (Phi) is 5.15. The van der Waals surface area contributed by atoms with Crippen LogP contribution in [0.15, 0.2) is 54.6 Å². The molecule has 34 heavy (non-hydrogen) atoms. The average Bonchev–Trinajstić information content (AvgIpc) is 3.44. The Balaban J connectivity index is 1.46. The first-order chi connectivity index (χ1) is 16.5. The summed E-state index contributed by atoms with van der Waals surface area (Å²) in [5.41, 5.74) is 6.68. The highest BCUT2D eigenvalue weighted by Crippen LogP contribution is 2.39. The second-order valence-electron chi connectivity index (χ2n) is 8.92. The van der Waals surface area contributed by atoms with Crippen LogP contribution in [0.1, 0.15) is 12.8 Å². The van der Waals surface area contributed by atoms with Crippen LogP contribution in [0.2, 0.25) is 0 Å². The normalized spacial score (nSPS) is 17.9. The number of aryl methyl sites for hydroxylation is 1. The molecular formula is C25H25N7OS. The standard InChI is InChI=1S/C25H25N7OS/c1-31(2)20-6-7-21(20)33-22-9-15(16-11-29-32(3)12-16)8-19-24(22)25(27-13-26-19)30-17-4-5-18-23(10-17)34-14-28-18/h4-5,8-14,20-21H,6-7H2,1-3H3,(H,26,27,30)/t20-,21-/m0/s1. The van der Waals surface area contributed by atoms with Gasteiger partial charge in [0.2, 0.25) is 0 Å². The van der Waals surface area contributed by atoms with E-state index in [1.165, 1.54) is 0 Å². The lowest BCUT2D eigenvalue weighted by Crippen LogP contribution is -2.50. The Labute approximate surface area is 201 Å². The van der Waals surface area contributed by atoms with Crippen molar-refractivity contribution in [1.29, 1.82) is 0 Å². The zero-order valence-corrected chi connectivity index (χ0v) is 20.1. The summed E-state index contributed by atoms with van der Waals surface area (Å²) in [5.74, 6) is 1.51. The fourth-order valence-electron chi connectivity index (χ4n) is 4.49. The maximum Gasteiger partial charge on any atom is 0.145 e. The molecular weight excluding hydrogens is 446 g/mol. The molecule has 172 valence electrons. The lowest BCUT2D eigenvalue weighted by molar-refractivity contribution is 0.0206. The molecule has 8 nitrogen and oxygen atoms in total. The van der Waals surface area contributed by atoms with Gasteiger partial charge in [-0.15, -0.1) is 11.3 Å². The van der Waals surface area contributed by atoms with Gasteiger partial charge in [-0.2, -0.15) is 5.10 Å². The van der Waals surface area contributed by atoms with Gasteiger partial charge >= 0.3 is 0 Å². The molecule has 0 radical (unpaired) electrons. The molecule has 2 atom stereocenters. The number of aromatic nitrogens is 5. The van der Waals surface area contributed by atoms with E-state index in [9.17, 15) is 0 Å². The average molecular weight is 472 g/mol. The smallest absolute Gasteiger partial charge is 0.145 e. The van der Waals surface area contributed by atoms with Gasteiger partial charge in [0.15, 0.2) is 0 Å². The van der Waals surface area contributed by atoms with Gasteiger partial charge in [0, 0.05) is 30.5 Å². The molecule has 6 rings (SSSR count). The van der Waals surface area contributed by atoms with E-state index in [1.807, 2.05) is 37.1 Å². The SMILES string of the molecule is CN(C)[C@H]1CC[C@@H]1Oc1cc(-c2cnn(C)c2)cc2ncnc(Nc3ccc4ncsc4c3)c12. The summed E-state index contributed by atoms with van der Waals surface area (Å²) in [6.45, 7) is 0. The lowest BCUT2D eigenvalue weighted by atomic mass is 9.88. The Bertz CT molecular complexity index is 1490. The van der Waals surface area contributed by atoms with Crippen molar-refractivity contribution < 1.29 is 4.74 Å². The largest absolute Gasteiger partial charge is 0.488 e. The summed E-state index contributed by atoms with van der Waals surface area (Å²) in [5, 5.41) is 8.72. The Hall–Kier alpha value is -3.56. The van der Waals surface area contributed by atoms with E-state index in [4.69, 9.17) is 4.74 Å². The van der Waals surface area contributed by atoms with Crippen molar-refractivity contribution in [3.63, 3.8) is 0 Å². The number of benzene rings is 2. The van der Waals surface area contributed by atoms with E-state index < -0.39 is 0 Å². The fraction of sp³-hybridized carbons (Fsp3) is 0.280. The van der Waals surface area contributed by atoms with Crippen LogP contribution in [0.4, 0.5) is 11.5 Å². The first-order valence-electron chi connectivity index (χ1n) is 11.3. The van der Waals surface area contributed by atoms with Gasteiger partial charge < -0.3 is 15.0 Å². The molecule has 1 aliphatic rings. The first-order valence-corrected chi connectivity index (χ1v) is 12.1. The first kappa shape index (κ1) is 21.0. The molecule has 1 N–H and O–H groups in total. The Morgan fingerprint density at radius 2 is 1.97 bits per heavy atom. The van der Waals surface area contributed by atoms with Crippen LogP contribution in [0.5, 0.6) is 5.75 Å². The summed E-state index contributed by atoms with van der Waals surface area (Å²) in [7, 11) is 6.13. The van der Waals surface area contributed by atoms with Gasteiger partial charge in [0.05, 0.1) is 32.8 Å². The summed E-state index contributed by atoms with van der Waals surface area (Å²) < 4.78 is 9.57. The summed E-state index contributed by atoms with van der Waals surface area (Å²) in [6.07, 6.45) is 7.75. The quantitative estimate of drug-likeness (QED) is 0.379. The number of hydrogen-bond donors (Lipinski definition) is 1. The molecule has 1 aliphatic carbocycles. The van der Waals surface area contributed by atoms with Crippen LogP contribution < -0.4 is 10.1 Å². The number of likely N-dealkylation sites (N-methyl/N-ethyl adjacent to an activating group) is 1. The van der Waals surface area contributed by atoms with Crippen molar-refractivity contribution >= 4 is 44.0 Å². The molecule has 0 aliphatic heterocycles. The maximum atomic E-state index is 6.65. The van der Waals surface area contributed by atoms with E-state index >= 15 is 0 Å². The predicted molar refractivity (Wildman–Crippen MR) is 136 cm³/mol. The minimum Gasteiger partial charge on any atom is -0.488 e. The van der Waals surface area contributed by atoms with Gasteiger partial charge in [-0.1, -0.05) is 0 Å². The van der Waals surface area contributed by atoms with Crippen LogP contribution in [0.25, 0.3) is 32.2 Å². The molecule has 0 amide bonds. The van der Waals surface area contributed by atoms with Crippen molar-refractivity contribution in [2.45, 2.75) is 25.0 Å². The number of anilines is 2. The molecule has 3 aromatic heterocycles. The van der Waals surface area contributed by atoms with Crippen LogP contribution in [-0.2, 0) is 7.05 Å². The van der Waals surface area contributed by atoms with E-state index in [2.05, 4.69) is 62.6 Å². The maximum absolute atomic E-state index is 6.65. The number of fused-ring (bicyclic) bond motifs is 2. The van der Waals surface area contributed by atoms with Gasteiger partial charge in [-0.25, -0.2) is 15.0 Å². The zero-order valence-electron chi connectivity index (χ0n) is 19.3. The summed E-state index contributed by atoms with van der Waals surface area (Å²) in [6, 6.07) is 10.7. The third-order valence-corrected chi connectivity index (χ3v) is 7.24. The van der Waals surface area contributed by atoms with E-state index in [0.29, 0.717) is 6.04 Å². The van der Waals surface area contributed by atoms with Crippen LogP contribution in [0, 0.1) is 0 Å². The zero-order chi connectivity index (χ0) is 23.2. The molecule has 1 fully saturated rings. The number of thiazole rings is 1. The number of nitrogens with zero attached hydrogens (tertiary/aromatic N) is 6. The molecule has 0 spiro atoms. The molecule has 0 bridgehead atoms. The highest BCUT2D eigenvalue weighted by Gasteiger charge is 2.35. The second kappa shape index (κ2) is 8.34. The monoisotopic (exact) mass is 471 g/mol. The van der Waals surface area contributed by atoms with Gasteiger partial charge in [-0.3, -0.25) is 4.68 Å². The highest BCUT2D eigenvalue weighted by atomic mass is 32.1. The molecule has 0 unspecified atom stereocenters. The van der Waals surface area contributed by atoms with Crippen molar-refractivity contribution in [2.75, 3.05) is 19.4 Å². The van der Waals surface area contributed by atoms with E-state index in [-0.39, 0.29) is 6.10 Å². The highest BCUT2D eigenvalue weighted by molar-refractivity contribution is 7.16. The minimum atomic E-state index is 0.129. The van der Waals surface area contributed by atoms with Gasteiger partial charge in [-0.05, 0) is 62.8 Å². The second-order valence-corrected chi connectivity index (χ2v) is 9.80. The Morgan fingerprint density at radius 1 is 1.06 bits per heavy atom.